The average Bonchev–Trinajstić information content (AvgIpc) is 3.32. The molecule has 3 atom stereocenters. The van der Waals surface area contributed by atoms with Crippen LogP contribution in [0.25, 0.3) is 5.69 Å². The monoisotopic (exact) mass is 475 g/mol. The fourth-order valence-corrected chi connectivity index (χ4v) is 3.90. The molecule has 34 heavy (non-hydrogen) atoms. The molecule has 1 amide bonds. The van der Waals surface area contributed by atoms with Crippen LogP contribution in [0.1, 0.15) is 35.6 Å². The summed E-state index contributed by atoms with van der Waals surface area (Å²) < 4.78 is 44.4. The second-order valence-corrected chi connectivity index (χ2v) is 8.13. The van der Waals surface area contributed by atoms with E-state index in [9.17, 15) is 18.0 Å². The Bertz CT molecular complexity index is 1140. The Morgan fingerprint density at radius 3 is 2.56 bits per heavy atom. The number of carbonyl (C=O) groups is 1. The van der Waals surface area contributed by atoms with Crippen molar-refractivity contribution in [3.63, 3.8) is 0 Å². The molecule has 0 spiro atoms. The van der Waals surface area contributed by atoms with Gasteiger partial charge in [0.1, 0.15) is 11.5 Å². The number of ether oxygens (including phenoxy) is 1. The maximum Gasteiger partial charge on any atom is 0.417 e. The first-order chi connectivity index (χ1) is 16.1. The van der Waals surface area contributed by atoms with Crippen LogP contribution in [0.4, 0.5) is 19.0 Å². The molecule has 1 fully saturated rings. The molecule has 3 aromatic rings. The van der Waals surface area contributed by atoms with Crippen molar-refractivity contribution in [1.29, 1.82) is 0 Å². The lowest BCUT2D eigenvalue weighted by Crippen LogP contribution is -2.58. The lowest BCUT2D eigenvalue weighted by Gasteiger charge is -2.42. The molecule has 4 rings (SSSR count). The van der Waals surface area contributed by atoms with Crippen LogP contribution in [-0.4, -0.2) is 67.1 Å². The summed E-state index contributed by atoms with van der Waals surface area (Å²) in [4.78, 5) is 25.0. The Balaban J connectivity index is 1.58. The zero-order valence-electron chi connectivity index (χ0n) is 18.8. The second-order valence-electron chi connectivity index (χ2n) is 8.13. The number of nitrogens with zero attached hydrogens (tertiary/aromatic N) is 6. The van der Waals surface area contributed by atoms with Crippen LogP contribution in [-0.2, 0) is 10.9 Å². The molecule has 1 aliphatic rings. The Morgan fingerprint density at radius 2 is 1.91 bits per heavy atom. The normalized spacial score (nSPS) is 20.9. The molecule has 4 heterocycles. The zero-order valence-corrected chi connectivity index (χ0v) is 18.8. The molecule has 3 aromatic heterocycles. The maximum atomic E-state index is 13.7. The first kappa shape index (κ1) is 23.6. The predicted molar refractivity (Wildman–Crippen MR) is 116 cm³/mol. The highest BCUT2D eigenvalue weighted by Gasteiger charge is 2.38. The van der Waals surface area contributed by atoms with E-state index in [4.69, 9.17) is 4.74 Å². The molecule has 0 saturated carbocycles. The van der Waals surface area contributed by atoms with Crippen LogP contribution in [0.2, 0.25) is 0 Å². The fraction of sp³-hybridized carbons (Fsp3) is 0.409. The predicted octanol–water partition coefficient (Wildman–Crippen LogP) is 3.11. The summed E-state index contributed by atoms with van der Waals surface area (Å²) >= 11 is 0. The van der Waals surface area contributed by atoms with Gasteiger partial charge in [0, 0.05) is 25.0 Å². The van der Waals surface area contributed by atoms with Gasteiger partial charge in [-0.2, -0.15) is 23.4 Å². The van der Waals surface area contributed by atoms with Crippen molar-refractivity contribution in [3.05, 3.63) is 59.8 Å². The molecule has 3 unspecified atom stereocenters. The first-order valence-electron chi connectivity index (χ1n) is 10.7. The van der Waals surface area contributed by atoms with E-state index < -0.39 is 17.8 Å². The highest BCUT2D eigenvalue weighted by Crippen LogP contribution is 2.29. The minimum atomic E-state index is -4.46. The first-order valence-corrected chi connectivity index (χ1v) is 10.7. The molecule has 0 bridgehead atoms. The van der Waals surface area contributed by atoms with Crippen LogP contribution in [0, 0.1) is 6.92 Å². The van der Waals surface area contributed by atoms with E-state index in [0.717, 1.165) is 12.3 Å². The summed E-state index contributed by atoms with van der Waals surface area (Å²) in [5, 5.41) is 11.3. The van der Waals surface area contributed by atoms with E-state index in [0.29, 0.717) is 17.9 Å². The van der Waals surface area contributed by atoms with Crippen LogP contribution in [0.5, 0.6) is 0 Å². The van der Waals surface area contributed by atoms with Crippen LogP contribution in [0.15, 0.2) is 42.9 Å². The Labute approximate surface area is 194 Å². The van der Waals surface area contributed by atoms with E-state index in [1.165, 1.54) is 23.3 Å². The number of pyridine rings is 2. The number of amides is 1. The molecular weight excluding hydrogens is 451 g/mol. The number of hydrogen-bond donors (Lipinski definition) is 1. The van der Waals surface area contributed by atoms with E-state index in [1.807, 2.05) is 13.8 Å². The van der Waals surface area contributed by atoms with Crippen LogP contribution in [0.3, 0.4) is 0 Å². The topological polar surface area (TPSA) is 98.1 Å². The van der Waals surface area contributed by atoms with Gasteiger partial charge in [0.05, 0.1) is 36.2 Å². The van der Waals surface area contributed by atoms with Crippen molar-refractivity contribution in [3.8, 4) is 5.69 Å². The number of aryl methyl sites for hydroxylation is 1. The Kier molecular flexibility index (Phi) is 6.51. The van der Waals surface area contributed by atoms with E-state index in [2.05, 4.69) is 25.5 Å². The lowest BCUT2D eigenvalue weighted by molar-refractivity contribution is -0.137. The molecule has 0 aromatic carbocycles. The minimum absolute atomic E-state index is 0.204. The Hall–Kier alpha value is -3.54. The highest BCUT2D eigenvalue weighted by atomic mass is 19.4. The molecule has 9 nitrogen and oxygen atoms in total. The highest BCUT2D eigenvalue weighted by molar-refractivity contribution is 5.96. The fourth-order valence-electron chi connectivity index (χ4n) is 3.90. The van der Waals surface area contributed by atoms with Gasteiger partial charge in [-0.25, -0.2) is 9.97 Å². The van der Waals surface area contributed by atoms with Crippen molar-refractivity contribution in [2.45, 2.75) is 45.2 Å². The van der Waals surface area contributed by atoms with Gasteiger partial charge in [-0.1, -0.05) is 0 Å². The van der Waals surface area contributed by atoms with Crippen molar-refractivity contribution < 1.29 is 22.7 Å². The van der Waals surface area contributed by atoms with Crippen molar-refractivity contribution in [1.82, 2.24) is 29.9 Å². The lowest BCUT2D eigenvalue weighted by atomic mass is 10.0. The average molecular weight is 475 g/mol. The number of rotatable bonds is 5. The van der Waals surface area contributed by atoms with Gasteiger partial charge in [0.25, 0.3) is 5.91 Å². The van der Waals surface area contributed by atoms with Crippen LogP contribution >= 0.6 is 0 Å². The van der Waals surface area contributed by atoms with Gasteiger partial charge in [-0.3, -0.25) is 4.79 Å². The number of halogens is 3. The zero-order chi connectivity index (χ0) is 24.5. The summed E-state index contributed by atoms with van der Waals surface area (Å²) in [6.07, 6.45) is -1.22. The third-order valence-corrected chi connectivity index (χ3v) is 5.54. The van der Waals surface area contributed by atoms with Gasteiger partial charge >= 0.3 is 6.18 Å². The maximum absolute atomic E-state index is 13.7. The quantitative estimate of drug-likeness (QED) is 0.606. The number of aromatic nitrogens is 5. The van der Waals surface area contributed by atoms with Crippen molar-refractivity contribution in [2.24, 2.45) is 0 Å². The molecule has 1 aliphatic heterocycles. The number of hydrogen-bond acceptors (Lipinski definition) is 7. The molecular formula is C22H24F3N7O2. The largest absolute Gasteiger partial charge is 0.417 e. The van der Waals surface area contributed by atoms with Crippen molar-refractivity contribution >= 4 is 11.7 Å². The van der Waals surface area contributed by atoms with Gasteiger partial charge in [-0.15, -0.1) is 4.80 Å². The standard InChI is InChI=1S/C22H24F3N7O2/c1-13-4-6-17(32-28-8-9-29-32)20(30-13)21(33)31-12-14(2)34-15(3)18(31)11-27-19-7-5-16(10-26-19)22(23,24)25/h4-10,14-15,18H,11-12H2,1-3H3,(H,26,27). The summed E-state index contributed by atoms with van der Waals surface area (Å²) in [7, 11) is 0. The number of morpholine rings is 1. The van der Waals surface area contributed by atoms with Crippen LogP contribution < -0.4 is 5.32 Å². The summed E-state index contributed by atoms with van der Waals surface area (Å²) in [6, 6.07) is 5.31. The smallest absolute Gasteiger partial charge is 0.372 e. The van der Waals surface area contributed by atoms with Gasteiger partial charge in [0.15, 0.2) is 5.69 Å². The number of carbonyl (C=O) groups excluding carboxylic acids is 1. The molecule has 0 radical (unpaired) electrons. The van der Waals surface area contributed by atoms with Gasteiger partial charge in [-0.05, 0) is 45.0 Å². The number of nitrogens with one attached hydrogen (secondary N) is 1. The van der Waals surface area contributed by atoms with E-state index >= 15 is 0 Å². The molecule has 1 N–H and O–H groups in total. The molecule has 0 aliphatic carbocycles. The molecule has 180 valence electrons. The van der Waals surface area contributed by atoms with Gasteiger partial charge in [0.2, 0.25) is 0 Å². The third kappa shape index (κ3) is 5.01. The summed E-state index contributed by atoms with van der Waals surface area (Å²) in [6.45, 7) is 6.05. The van der Waals surface area contributed by atoms with E-state index in [-0.39, 0.29) is 36.2 Å². The minimum Gasteiger partial charge on any atom is -0.372 e. The Morgan fingerprint density at radius 1 is 1.18 bits per heavy atom. The molecule has 1 saturated heterocycles. The second kappa shape index (κ2) is 9.37. The summed E-state index contributed by atoms with van der Waals surface area (Å²) in [5.41, 5.74) is 0.485. The third-order valence-electron chi connectivity index (χ3n) is 5.54. The molecule has 12 heteroatoms. The van der Waals surface area contributed by atoms with Gasteiger partial charge < -0.3 is 15.0 Å². The number of alkyl halides is 3. The van der Waals surface area contributed by atoms with Crippen molar-refractivity contribution in [2.75, 3.05) is 18.4 Å². The van der Waals surface area contributed by atoms with E-state index in [1.54, 1.807) is 24.0 Å². The number of anilines is 1. The SMILES string of the molecule is Cc1ccc(-n2nccn2)c(C(=O)N2CC(C)OC(C)C2CNc2ccc(C(F)(F)F)cn2)n1. The summed E-state index contributed by atoms with van der Waals surface area (Å²) in [5.74, 6) is -0.0495.